The van der Waals surface area contributed by atoms with E-state index in [1.54, 1.807) is 0 Å². The van der Waals surface area contributed by atoms with E-state index in [2.05, 4.69) is 31.1 Å². The van der Waals surface area contributed by atoms with Crippen molar-refractivity contribution >= 4 is 5.65 Å². The molecule has 2 heterocycles. The van der Waals surface area contributed by atoms with Crippen LogP contribution in [0.3, 0.4) is 0 Å². The highest BCUT2D eigenvalue weighted by Crippen LogP contribution is 2.13. The number of fused-ring (bicyclic) bond motifs is 1. The quantitative estimate of drug-likeness (QED) is 0.843. The SMILES string of the molecule is Cc1cn2cc(OCCNC(C)(C)C)ccc2n1. The normalized spacial score (nSPS) is 12.0. The molecule has 0 aliphatic rings. The van der Waals surface area contributed by atoms with Crippen LogP contribution in [0.5, 0.6) is 5.75 Å². The number of nitrogens with one attached hydrogen (secondary N) is 1. The lowest BCUT2D eigenvalue weighted by Crippen LogP contribution is -2.38. The third-order valence-electron chi connectivity index (χ3n) is 2.57. The predicted octanol–water partition coefficient (Wildman–Crippen LogP) is 2.41. The Morgan fingerprint density at radius 2 is 2.06 bits per heavy atom. The molecule has 0 atom stereocenters. The number of ether oxygens (including phenoxy) is 1. The van der Waals surface area contributed by atoms with E-state index in [1.165, 1.54) is 0 Å². The van der Waals surface area contributed by atoms with Crippen molar-refractivity contribution in [3.63, 3.8) is 0 Å². The molecule has 2 rings (SSSR count). The Labute approximate surface area is 108 Å². The minimum Gasteiger partial charge on any atom is -0.491 e. The maximum absolute atomic E-state index is 5.71. The Bertz CT molecular complexity index is 525. The van der Waals surface area contributed by atoms with E-state index >= 15 is 0 Å². The van der Waals surface area contributed by atoms with Gasteiger partial charge in [0, 0.05) is 18.3 Å². The Hall–Kier alpha value is -1.55. The average Bonchev–Trinajstić information content (AvgIpc) is 2.62. The Morgan fingerprint density at radius 1 is 1.28 bits per heavy atom. The smallest absolute Gasteiger partial charge is 0.137 e. The summed E-state index contributed by atoms with van der Waals surface area (Å²) in [6.07, 6.45) is 3.96. The topological polar surface area (TPSA) is 38.6 Å². The van der Waals surface area contributed by atoms with Gasteiger partial charge in [-0.15, -0.1) is 0 Å². The van der Waals surface area contributed by atoms with Crippen molar-refractivity contribution in [1.29, 1.82) is 0 Å². The molecule has 2 aromatic heterocycles. The molecule has 0 aromatic carbocycles. The summed E-state index contributed by atoms with van der Waals surface area (Å²) in [6.45, 7) is 9.93. The van der Waals surface area contributed by atoms with E-state index in [1.807, 2.05) is 35.9 Å². The lowest BCUT2D eigenvalue weighted by Gasteiger charge is -2.20. The maximum Gasteiger partial charge on any atom is 0.137 e. The molecule has 0 aliphatic heterocycles. The molecule has 2 aromatic rings. The number of imidazole rings is 1. The van der Waals surface area contributed by atoms with Crippen LogP contribution in [0, 0.1) is 6.92 Å². The minimum atomic E-state index is 0.134. The first kappa shape index (κ1) is 12.9. The van der Waals surface area contributed by atoms with Gasteiger partial charge in [0.2, 0.25) is 0 Å². The molecule has 0 saturated carbocycles. The van der Waals surface area contributed by atoms with Gasteiger partial charge in [0.05, 0.1) is 11.9 Å². The summed E-state index contributed by atoms with van der Waals surface area (Å²) in [4.78, 5) is 4.38. The first-order chi connectivity index (χ1) is 8.44. The van der Waals surface area contributed by atoms with Crippen molar-refractivity contribution in [2.75, 3.05) is 13.2 Å². The van der Waals surface area contributed by atoms with Crippen molar-refractivity contribution < 1.29 is 4.74 Å². The lowest BCUT2D eigenvalue weighted by atomic mass is 10.1. The second kappa shape index (κ2) is 4.98. The van der Waals surface area contributed by atoms with Crippen molar-refractivity contribution in [1.82, 2.24) is 14.7 Å². The van der Waals surface area contributed by atoms with Crippen LogP contribution >= 0.6 is 0 Å². The van der Waals surface area contributed by atoms with E-state index in [-0.39, 0.29) is 5.54 Å². The fraction of sp³-hybridized carbons (Fsp3) is 0.500. The van der Waals surface area contributed by atoms with Gasteiger partial charge < -0.3 is 14.5 Å². The molecule has 1 N–H and O–H groups in total. The number of aromatic nitrogens is 2. The van der Waals surface area contributed by atoms with Crippen molar-refractivity contribution in [3.8, 4) is 5.75 Å². The third kappa shape index (κ3) is 3.47. The van der Waals surface area contributed by atoms with Gasteiger partial charge >= 0.3 is 0 Å². The minimum absolute atomic E-state index is 0.134. The number of hydrogen-bond acceptors (Lipinski definition) is 3. The fourth-order valence-corrected chi connectivity index (χ4v) is 1.78. The largest absolute Gasteiger partial charge is 0.491 e. The molecule has 0 spiro atoms. The predicted molar refractivity (Wildman–Crippen MR) is 73.2 cm³/mol. The highest BCUT2D eigenvalue weighted by molar-refractivity contribution is 5.42. The van der Waals surface area contributed by atoms with E-state index in [4.69, 9.17) is 4.74 Å². The summed E-state index contributed by atoms with van der Waals surface area (Å²) in [5.74, 6) is 0.871. The number of aryl methyl sites for hydroxylation is 1. The molecule has 0 radical (unpaired) electrons. The number of pyridine rings is 1. The van der Waals surface area contributed by atoms with Gasteiger partial charge in [0.25, 0.3) is 0 Å². The van der Waals surface area contributed by atoms with E-state index < -0.39 is 0 Å². The molecule has 4 nitrogen and oxygen atoms in total. The van der Waals surface area contributed by atoms with Crippen LogP contribution in [0.4, 0.5) is 0 Å². The Kier molecular flexibility index (Phi) is 3.57. The summed E-state index contributed by atoms with van der Waals surface area (Å²) in [7, 11) is 0. The summed E-state index contributed by atoms with van der Waals surface area (Å²) < 4.78 is 7.70. The van der Waals surface area contributed by atoms with Crippen LogP contribution < -0.4 is 10.1 Å². The van der Waals surface area contributed by atoms with Crippen LogP contribution in [-0.4, -0.2) is 28.1 Å². The lowest BCUT2D eigenvalue weighted by molar-refractivity contribution is 0.290. The molecule has 0 saturated heterocycles. The molecule has 0 bridgehead atoms. The van der Waals surface area contributed by atoms with Gasteiger partial charge in [-0.1, -0.05) is 0 Å². The van der Waals surface area contributed by atoms with Gasteiger partial charge in [-0.05, 0) is 39.8 Å². The van der Waals surface area contributed by atoms with E-state index in [0.717, 1.165) is 23.6 Å². The maximum atomic E-state index is 5.71. The van der Waals surface area contributed by atoms with Crippen molar-refractivity contribution in [3.05, 3.63) is 30.2 Å². The Morgan fingerprint density at radius 3 is 2.78 bits per heavy atom. The highest BCUT2D eigenvalue weighted by Gasteiger charge is 2.07. The van der Waals surface area contributed by atoms with Crippen LogP contribution in [0.1, 0.15) is 26.5 Å². The Balaban J connectivity index is 1.91. The zero-order chi connectivity index (χ0) is 13.2. The third-order valence-corrected chi connectivity index (χ3v) is 2.57. The molecule has 18 heavy (non-hydrogen) atoms. The van der Waals surface area contributed by atoms with Crippen molar-refractivity contribution in [2.45, 2.75) is 33.2 Å². The number of hydrogen-bond donors (Lipinski definition) is 1. The molecule has 0 fully saturated rings. The van der Waals surface area contributed by atoms with Gasteiger partial charge in [-0.25, -0.2) is 4.98 Å². The van der Waals surface area contributed by atoms with Gasteiger partial charge in [-0.3, -0.25) is 0 Å². The molecule has 98 valence electrons. The second-order valence-electron chi connectivity index (χ2n) is 5.54. The summed E-state index contributed by atoms with van der Waals surface area (Å²) in [5.41, 5.74) is 2.10. The second-order valence-corrected chi connectivity index (χ2v) is 5.54. The number of nitrogens with zero attached hydrogens (tertiary/aromatic N) is 2. The van der Waals surface area contributed by atoms with Gasteiger partial charge in [-0.2, -0.15) is 0 Å². The summed E-state index contributed by atoms with van der Waals surface area (Å²) >= 11 is 0. The molecular weight excluding hydrogens is 226 g/mol. The zero-order valence-corrected chi connectivity index (χ0v) is 11.5. The fourth-order valence-electron chi connectivity index (χ4n) is 1.78. The number of rotatable bonds is 4. The van der Waals surface area contributed by atoms with Gasteiger partial charge in [0.1, 0.15) is 18.0 Å². The van der Waals surface area contributed by atoms with Crippen LogP contribution in [-0.2, 0) is 0 Å². The zero-order valence-electron chi connectivity index (χ0n) is 11.5. The highest BCUT2D eigenvalue weighted by atomic mass is 16.5. The average molecular weight is 247 g/mol. The molecule has 0 amide bonds. The summed E-state index contributed by atoms with van der Waals surface area (Å²) in [6, 6.07) is 3.93. The molecule has 0 aliphatic carbocycles. The van der Waals surface area contributed by atoms with Gasteiger partial charge in [0.15, 0.2) is 0 Å². The molecule has 4 heteroatoms. The standard InChI is InChI=1S/C14H21N3O/c1-11-9-17-10-12(5-6-13(17)16-11)18-8-7-15-14(2,3)4/h5-6,9-10,15H,7-8H2,1-4H3. The first-order valence-electron chi connectivity index (χ1n) is 6.27. The van der Waals surface area contributed by atoms with Crippen LogP contribution in [0.15, 0.2) is 24.5 Å². The van der Waals surface area contributed by atoms with Crippen molar-refractivity contribution in [2.24, 2.45) is 0 Å². The van der Waals surface area contributed by atoms with E-state index in [9.17, 15) is 0 Å². The molecular formula is C14H21N3O. The van der Waals surface area contributed by atoms with Crippen LogP contribution in [0.25, 0.3) is 5.65 Å². The van der Waals surface area contributed by atoms with Crippen LogP contribution in [0.2, 0.25) is 0 Å². The monoisotopic (exact) mass is 247 g/mol. The molecule has 0 unspecified atom stereocenters. The first-order valence-corrected chi connectivity index (χ1v) is 6.27. The summed E-state index contributed by atoms with van der Waals surface area (Å²) in [5, 5.41) is 3.39. The van der Waals surface area contributed by atoms with E-state index in [0.29, 0.717) is 6.61 Å².